The van der Waals surface area contributed by atoms with Gasteiger partial charge in [0, 0.05) is 18.7 Å². The first kappa shape index (κ1) is 14.2. The molecule has 0 spiro atoms. The Morgan fingerprint density at radius 1 is 1.33 bits per heavy atom. The summed E-state index contributed by atoms with van der Waals surface area (Å²) >= 11 is 0. The highest BCUT2D eigenvalue weighted by atomic mass is 16.6. The zero-order chi connectivity index (χ0) is 13.4. The summed E-state index contributed by atoms with van der Waals surface area (Å²) in [5.74, 6) is 0.811. The smallest absolute Gasteiger partial charge is 0.311 e. The number of nitro benzene ring substituents is 1. The maximum Gasteiger partial charge on any atom is 0.311 e. The largest absolute Gasteiger partial charge is 0.492 e. The lowest BCUT2D eigenvalue weighted by molar-refractivity contribution is -0.385. The van der Waals surface area contributed by atoms with Crippen molar-refractivity contribution in [1.82, 2.24) is 5.32 Å². The third-order valence-electron chi connectivity index (χ3n) is 2.23. The van der Waals surface area contributed by atoms with Gasteiger partial charge in [-0.3, -0.25) is 10.1 Å². The second-order valence-corrected chi connectivity index (χ2v) is 3.52. The highest BCUT2D eigenvalue weighted by molar-refractivity contribution is 5.50. The molecule has 0 fully saturated rings. The van der Waals surface area contributed by atoms with E-state index in [4.69, 9.17) is 9.47 Å². The molecule has 0 saturated carbocycles. The second-order valence-electron chi connectivity index (χ2n) is 3.52. The van der Waals surface area contributed by atoms with Crippen molar-refractivity contribution in [2.75, 3.05) is 26.3 Å². The van der Waals surface area contributed by atoms with Gasteiger partial charge in [-0.1, -0.05) is 6.92 Å². The molecular formula is C12H18N2O4. The van der Waals surface area contributed by atoms with Gasteiger partial charge < -0.3 is 14.8 Å². The predicted molar refractivity (Wildman–Crippen MR) is 68.3 cm³/mol. The normalized spacial score (nSPS) is 10.1. The summed E-state index contributed by atoms with van der Waals surface area (Å²) in [6.45, 7) is 6.30. The molecule has 1 rings (SSSR count). The molecule has 6 heteroatoms. The molecule has 0 aliphatic carbocycles. The molecule has 0 atom stereocenters. The SMILES string of the molecule is CCNCCOc1ccc([N+](=O)[O-])c(OCC)c1. The van der Waals surface area contributed by atoms with E-state index in [9.17, 15) is 10.1 Å². The standard InChI is InChI=1S/C12H18N2O4/c1-3-13-7-8-18-10-5-6-11(14(15)16)12(9-10)17-4-2/h5-6,9,13H,3-4,7-8H2,1-2H3. The van der Waals surface area contributed by atoms with E-state index in [0.717, 1.165) is 13.1 Å². The molecule has 0 bridgehead atoms. The molecule has 0 aliphatic rings. The Labute approximate surface area is 106 Å². The Balaban J connectivity index is 2.70. The van der Waals surface area contributed by atoms with Crippen LogP contribution in [0.3, 0.4) is 0 Å². The van der Waals surface area contributed by atoms with Crippen LogP contribution in [0.1, 0.15) is 13.8 Å². The molecule has 1 N–H and O–H groups in total. The van der Waals surface area contributed by atoms with Gasteiger partial charge in [0.25, 0.3) is 0 Å². The molecule has 0 aromatic heterocycles. The van der Waals surface area contributed by atoms with Crippen LogP contribution in [-0.2, 0) is 0 Å². The van der Waals surface area contributed by atoms with Crippen molar-refractivity contribution < 1.29 is 14.4 Å². The van der Waals surface area contributed by atoms with Gasteiger partial charge in [-0.05, 0) is 19.5 Å². The average Bonchev–Trinajstić information content (AvgIpc) is 2.35. The number of hydrogen-bond donors (Lipinski definition) is 1. The summed E-state index contributed by atoms with van der Waals surface area (Å²) in [5.41, 5.74) is -0.0455. The van der Waals surface area contributed by atoms with E-state index in [-0.39, 0.29) is 11.4 Å². The topological polar surface area (TPSA) is 73.6 Å². The van der Waals surface area contributed by atoms with E-state index < -0.39 is 4.92 Å². The summed E-state index contributed by atoms with van der Waals surface area (Å²) in [7, 11) is 0. The molecule has 1 aromatic rings. The lowest BCUT2D eigenvalue weighted by Gasteiger charge is -2.09. The van der Waals surface area contributed by atoms with Gasteiger partial charge in [-0.25, -0.2) is 0 Å². The van der Waals surface area contributed by atoms with Gasteiger partial charge in [0.05, 0.1) is 11.5 Å². The number of rotatable bonds is 8. The second kappa shape index (κ2) is 7.50. The number of ether oxygens (including phenoxy) is 2. The number of nitrogens with zero attached hydrogens (tertiary/aromatic N) is 1. The highest BCUT2D eigenvalue weighted by Crippen LogP contribution is 2.31. The number of hydrogen-bond acceptors (Lipinski definition) is 5. The van der Waals surface area contributed by atoms with E-state index in [2.05, 4.69) is 5.32 Å². The van der Waals surface area contributed by atoms with Crippen molar-refractivity contribution >= 4 is 5.69 Å². The van der Waals surface area contributed by atoms with E-state index in [1.54, 1.807) is 19.1 Å². The van der Waals surface area contributed by atoms with Gasteiger partial charge in [0.1, 0.15) is 12.4 Å². The number of nitro groups is 1. The Hall–Kier alpha value is -1.82. The molecule has 18 heavy (non-hydrogen) atoms. The van der Waals surface area contributed by atoms with Gasteiger partial charge in [0.15, 0.2) is 0 Å². The average molecular weight is 254 g/mol. The molecule has 6 nitrogen and oxygen atoms in total. The minimum absolute atomic E-state index is 0.0455. The third kappa shape index (κ3) is 4.21. The summed E-state index contributed by atoms with van der Waals surface area (Å²) in [4.78, 5) is 10.3. The van der Waals surface area contributed by atoms with Crippen molar-refractivity contribution in [1.29, 1.82) is 0 Å². The van der Waals surface area contributed by atoms with Crippen molar-refractivity contribution in [3.63, 3.8) is 0 Å². The lowest BCUT2D eigenvalue weighted by Crippen LogP contribution is -2.20. The molecular weight excluding hydrogens is 236 g/mol. The summed E-state index contributed by atoms with van der Waals surface area (Å²) in [6.07, 6.45) is 0. The monoisotopic (exact) mass is 254 g/mol. The maximum atomic E-state index is 10.8. The van der Waals surface area contributed by atoms with Crippen LogP contribution in [-0.4, -0.2) is 31.2 Å². The molecule has 0 aliphatic heterocycles. The summed E-state index contributed by atoms with van der Waals surface area (Å²) < 4.78 is 10.7. The first-order valence-corrected chi connectivity index (χ1v) is 5.93. The third-order valence-corrected chi connectivity index (χ3v) is 2.23. The van der Waals surface area contributed by atoms with Gasteiger partial charge >= 0.3 is 5.69 Å². The molecule has 0 unspecified atom stereocenters. The Morgan fingerprint density at radius 3 is 2.72 bits per heavy atom. The molecule has 100 valence electrons. The van der Waals surface area contributed by atoms with E-state index in [1.807, 2.05) is 6.92 Å². The van der Waals surface area contributed by atoms with Crippen LogP contribution in [0.4, 0.5) is 5.69 Å². The van der Waals surface area contributed by atoms with Crippen LogP contribution in [0.2, 0.25) is 0 Å². The number of likely N-dealkylation sites (N-methyl/N-ethyl adjacent to an activating group) is 1. The van der Waals surface area contributed by atoms with Gasteiger partial charge in [0.2, 0.25) is 5.75 Å². The summed E-state index contributed by atoms with van der Waals surface area (Å²) in [5, 5.41) is 13.9. The molecule has 1 aromatic carbocycles. The van der Waals surface area contributed by atoms with Crippen LogP contribution in [0.25, 0.3) is 0 Å². The van der Waals surface area contributed by atoms with E-state index in [0.29, 0.717) is 19.0 Å². The van der Waals surface area contributed by atoms with Crippen molar-refractivity contribution in [3.8, 4) is 11.5 Å². The molecule has 0 saturated heterocycles. The van der Waals surface area contributed by atoms with Crippen LogP contribution < -0.4 is 14.8 Å². The van der Waals surface area contributed by atoms with Crippen LogP contribution >= 0.6 is 0 Å². The fraction of sp³-hybridized carbons (Fsp3) is 0.500. The summed E-state index contributed by atoms with van der Waals surface area (Å²) in [6, 6.07) is 4.52. The first-order chi connectivity index (χ1) is 8.69. The number of nitrogens with one attached hydrogen (secondary N) is 1. The van der Waals surface area contributed by atoms with Crippen LogP contribution in [0.15, 0.2) is 18.2 Å². The Bertz CT molecular complexity index is 396. The van der Waals surface area contributed by atoms with E-state index in [1.165, 1.54) is 6.07 Å². The fourth-order valence-corrected chi connectivity index (χ4v) is 1.42. The number of benzene rings is 1. The van der Waals surface area contributed by atoms with Crippen molar-refractivity contribution in [3.05, 3.63) is 28.3 Å². The molecule has 0 amide bonds. The van der Waals surface area contributed by atoms with Crippen molar-refractivity contribution in [2.45, 2.75) is 13.8 Å². The fourth-order valence-electron chi connectivity index (χ4n) is 1.42. The lowest BCUT2D eigenvalue weighted by atomic mass is 10.3. The van der Waals surface area contributed by atoms with Crippen LogP contribution in [0.5, 0.6) is 11.5 Å². The first-order valence-electron chi connectivity index (χ1n) is 5.93. The molecule has 0 heterocycles. The Kier molecular flexibility index (Phi) is 5.93. The highest BCUT2D eigenvalue weighted by Gasteiger charge is 2.15. The molecule has 0 radical (unpaired) electrons. The van der Waals surface area contributed by atoms with Gasteiger partial charge in [-0.15, -0.1) is 0 Å². The predicted octanol–water partition coefficient (Wildman–Crippen LogP) is 1.98. The van der Waals surface area contributed by atoms with E-state index >= 15 is 0 Å². The quantitative estimate of drug-likeness (QED) is 0.436. The Morgan fingerprint density at radius 2 is 2.11 bits per heavy atom. The van der Waals surface area contributed by atoms with Crippen LogP contribution in [0, 0.1) is 10.1 Å². The maximum absolute atomic E-state index is 10.8. The zero-order valence-electron chi connectivity index (χ0n) is 10.6. The zero-order valence-corrected chi connectivity index (χ0v) is 10.6. The minimum atomic E-state index is -0.465. The van der Waals surface area contributed by atoms with Gasteiger partial charge in [-0.2, -0.15) is 0 Å². The minimum Gasteiger partial charge on any atom is -0.492 e. The van der Waals surface area contributed by atoms with Crippen molar-refractivity contribution in [2.24, 2.45) is 0 Å².